The Morgan fingerprint density at radius 2 is 1.83 bits per heavy atom. The molecule has 18 heavy (non-hydrogen) atoms. The molecule has 0 aliphatic heterocycles. The van der Waals surface area contributed by atoms with Gasteiger partial charge in [-0.05, 0) is 42.7 Å². The fraction of sp³-hybridized carbons (Fsp3) is 0.333. The number of halogens is 2. The zero-order chi connectivity index (χ0) is 13.3. The minimum Gasteiger partial charge on any atom is -0.464 e. The third kappa shape index (κ3) is 2.44. The van der Waals surface area contributed by atoms with Gasteiger partial charge in [-0.15, -0.1) is 11.6 Å². The van der Waals surface area contributed by atoms with Crippen molar-refractivity contribution < 1.29 is 8.81 Å². The van der Waals surface area contributed by atoms with Gasteiger partial charge in [0.1, 0.15) is 22.7 Å². The second kappa shape index (κ2) is 5.15. The number of aryl methyl sites for hydroxylation is 3. The van der Waals surface area contributed by atoms with Crippen molar-refractivity contribution in [3.05, 3.63) is 58.3 Å². The quantitative estimate of drug-likeness (QED) is 0.718. The van der Waals surface area contributed by atoms with E-state index in [0.29, 0.717) is 16.9 Å². The van der Waals surface area contributed by atoms with E-state index >= 15 is 0 Å². The fourth-order valence-corrected chi connectivity index (χ4v) is 2.25. The van der Waals surface area contributed by atoms with Crippen LogP contribution in [-0.4, -0.2) is 0 Å². The average molecular weight is 267 g/mol. The first-order valence-corrected chi connectivity index (χ1v) is 6.46. The van der Waals surface area contributed by atoms with Gasteiger partial charge < -0.3 is 4.42 Å². The topological polar surface area (TPSA) is 13.1 Å². The summed E-state index contributed by atoms with van der Waals surface area (Å²) in [5.74, 6) is 1.45. The van der Waals surface area contributed by atoms with Crippen molar-refractivity contribution in [2.45, 2.75) is 32.6 Å². The van der Waals surface area contributed by atoms with Gasteiger partial charge in [-0.25, -0.2) is 4.39 Å². The molecular weight excluding hydrogens is 251 g/mol. The molecule has 0 fully saturated rings. The number of rotatable bonds is 3. The lowest BCUT2D eigenvalue weighted by Crippen LogP contribution is -1.96. The van der Waals surface area contributed by atoms with Crippen LogP contribution in [0.3, 0.4) is 0 Å². The lowest BCUT2D eigenvalue weighted by molar-refractivity contribution is 0.474. The molecule has 1 heterocycles. The smallest absolute Gasteiger partial charge is 0.129 e. The van der Waals surface area contributed by atoms with E-state index in [1.165, 1.54) is 0 Å². The molecule has 0 aliphatic carbocycles. The molecule has 3 heteroatoms. The Kier molecular flexibility index (Phi) is 3.76. The van der Waals surface area contributed by atoms with Crippen LogP contribution in [0.25, 0.3) is 0 Å². The average Bonchev–Trinajstić information content (AvgIpc) is 2.83. The van der Waals surface area contributed by atoms with Crippen molar-refractivity contribution in [1.29, 1.82) is 0 Å². The molecule has 1 unspecified atom stereocenters. The predicted molar refractivity (Wildman–Crippen MR) is 71.7 cm³/mol. The van der Waals surface area contributed by atoms with E-state index in [9.17, 15) is 4.39 Å². The maximum atomic E-state index is 13.6. The lowest BCUT2D eigenvalue weighted by atomic mass is 10.0. The molecule has 1 aromatic heterocycles. The first-order chi connectivity index (χ1) is 8.52. The van der Waals surface area contributed by atoms with Crippen molar-refractivity contribution >= 4 is 11.6 Å². The largest absolute Gasteiger partial charge is 0.464 e. The first-order valence-electron chi connectivity index (χ1n) is 6.02. The standard InChI is InChI=1S/C15H16ClFO/c1-4-12-5-6-13(18-12)14(16)11-7-9(2)15(17)10(3)8-11/h5-8,14H,4H2,1-3H3. The Morgan fingerprint density at radius 1 is 1.22 bits per heavy atom. The Balaban J connectivity index is 2.36. The van der Waals surface area contributed by atoms with Crippen LogP contribution in [0.15, 0.2) is 28.7 Å². The van der Waals surface area contributed by atoms with Gasteiger partial charge in [-0.2, -0.15) is 0 Å². The monoisotopic (exact) mass is 266 g/mol. The van der Waals surface area contributed by atoms with Crippen molar-refractivity contribution in [2.75, 3.05) is 0 Å². The lowest BCUT2D eigenvalue weighted by Gasteiger charge is -2.10. The summed E-state index contributed by atoms with van der Waals surface area (Å²) in [4.78, 5) is 0. The minimum absolute atomic E-state index is 0.170. The maximum Gasteiger partial charge on any atom is 0.129 e. The van der Waals surface area contributed by atoms with E-state index in [-0.39, 0.29) is 11.2 Å². The maximum absolute atomic E-state index is 13.6. The highest BCUT2D eigenvalue weighted by Crippen LogP contribution is 2.32. The van der Waals surface area contributed by atoms with Crippen LogP contribution in [0.2, 0.25) is 0 Å². The van der Waals surface area contributed by atoms with Gasteiger partial charge >= 0.3 is 0 Å². The third-order valence-electron chi connectivity index (χ3n) is 3.03. The second-order valence-electron chi connectivity index (χ2n) is 4.49. The highest BCUT2D eigenvalue weighted by molar-refractivity contribution is 6.22. The molecular formula is C15H16ClFO. The predicted octanol–water partition coefficient (Wildman–Crippen LogP) is 4.93. The zero-order valence-electron chi connectivity index (χ0n) is 10.8. The molecule has 0 N–H and O–H groups in total. The van der Waals surface area contributed by atoms with Crippen LogP contribution in [0.1, 0.15) is 40.5 Å². The molecule has 0 radical (unpaired) electrons. The van der Waals surface area contributed by atoms with Gasteiger partial charge in [0.05, 0.1) is 0 Å². The van der Waals surface area contributed by atoms with Crippen molar-refractivity contribution in [2.24, 2.45) is 0 Å². The molecule has 0 spiro atoms. The van der Waals surface area contributed by atoms with Crippen molar-refractivity contribution in [3.8, 4) is 0 Å². The van der Waals surface area contributed by atoms with Crippen LogP contribution >= 0.6 is 11.6 Å². The molecule has 1 atom stereocenters. The van der Waals surface area contributed by atoms with E-state index in [0.717, 1.165) is 17.7 Å². The first kappa shape index (κ1) is 13.2. The molecule has 2 rings (SSSR count). The Morgan fingerprint density at radius 3 is 2.33 bits per heavy atom. The Labute approximate surface area is 112 Å². The minimum atomic E-state index is -0.372. The molecule has 0 saturated carbocycles. The van der Waals surface area contributed by atoms with E-state index in [4.69, 9.17) is 16.0 Å². The van der Waals surface area contributed by atoms with Crippen LogP contribution in [0, 0.1) is 19.7 Å². The summed E-state index contributed by atoms with van der Waals surface area (Å²) >= 11 is 6.38. The van der Waals surface area contributed by atoms with Crippen LogP contribution in [0.5, 0.6) is 0 Å². The molecule has 2 aromatic rings. The summed E-state index contributed by atoms with van der Waals surface area (Å²) in [6, 6.07) is 7.35. The van der Waals surface area contributed by atoms with Gasteiger partial charge in [0, 0.05) is 6.42 Å². The number of hydrogen-bond donors (Lipinski definition) is 0. The fourth-order valence-electron chi connectivity index (χ4n) is 2.01. The third-order valence-corrected chi connectivity index (χ3v) is 3.50. The number of hydrogen-bond acceptors (Lipinski definition) is 1. The van der Waals surface area contributed by atoms with Crippen LogP contribution in [0.4, 0.5) is 4.39 Å². The van der Waals surface area contributed by atoms with Gasteiger partial charge in [-0.1, -0.05) is 19.1 Å². The normalized spacial score (nSPS) is 12.7. The molecule has 1 nitrogen and oxygen atoms in total. The van der Waals surface area contributed by atoms with Gasteiger partial charge in [0.25, 0.3) is 0 Å². The molecule has 1 aromatic carbocycles. The number of alkyl halides is 1. The van der Waals surface area contributed by atoms with Crippen LogP contribution < -0.4 is 0 Å². The highest BCUT2D eigenvalue weighted by atomic mass is 35.5. The molecule has 0 amide bonds. The SMILES string of the molecule is CCc1ccc(C(Cl)c2cc(C)c(F)c(C)c2)o1. The van der Waals surface area contributed by atoms with E-state index in [1.54, 1.807) is 26.0 Å². The Bertz CT molecular complexity index is 536. The summed E-state index contributed by atoms with van der Waals surface area (Å²) in [6.07, 6.45) is 0.838. The van der Waals surface area contributed by atoms with Crippen molar-refractivity contribution in [3.63, 3.8) is 0 Å². The van der Waals surface area contributed by atoms with Gasteiger partial charge in [0.2, 0.25) is 0 Å². The Hall–Kier alpha value is -1.28. The van der Waals surface area contributed by atoms with Gasteiger partial charge in [-0.3, -0.25) is 0 Å². The summed E-state index contributed by atoms with van der Waals surface area (Å²) in [7, 11) is 0. The summed E-state index contributed by atoms with van der Waals surface area (Å²) in [5, 5.41) is -0.372. The van der Waals surface area contributed by atoms with Crippen LogP contribution in [-0.2, 0) is 6.42 Å². The summed E-state index contributed by atoms with van der Waals surface area (Å²) in [5.41, 5.74) is 2.08. The summed E-state index contributed by atoms with van der Waals surface area (Å²) in [6.45, 7) is 5.52. The summed E-state index contributed by atoms with van der Waals surface area (Å²) < 4.78 is 19.2. The number of benzene rings is 1. The second-order valence-corrected chi connectivity index (χ2v) is 4.93. The number of furan rings is 1. The van der Waals surface area contributed by atoms with Crippen molar-refractivity contribution in [1.82, 2.24) is 0 Å². The molecule has 0 bridgehead atoms. The van der Waals surface area contributed by atoms with E-state index in [1.807, 2.05) is 19.1 Å². The van der Waals surface area contributed by atoms with Gasteiger partial charge in [0.15, 0.2) is 0 Å². The molecule has 0 saturated heterocycles. The highest BCUT2D eigenvalue weighted by Gasteiger charge is 2.17. The molecule has 96 valence electrons. The molecule has 0 aliphatic rings. The van der Waals surface area contributed by atoms with E-state index < -0.39 is 0 Å². The van der Waals surface area contributed by atoms with E-state index in [2.05, 4.69) is 0 Å². The zero-order valence-corrected chi connectivity index (χ0v) is 11.5.